The fourth-order valence-corrected chi connectivity index (χ4v) is 5.48. The molecule has 1 aromatic carbocycles. The molecule has 8 heteroatoms. The molecule has 27 heavy (non-hydrogen) atoms. The van der Waals surface area contributed by atoms with Crippen LogP contribution in [0.4, 0.5) is 0 Å². The molecule has 1 spiro atoms. The zero-order chi connectivity index (χ0) is 18.9. The predicted molar refractivity (Wildman–Crippen MR) is 100 cm³/mol. The molecule has 1 aliphatic carbocycles. The SMILES string of the molecule is O=C1N(CCNS(=O)(=O)c2cnc[nH]2)C(c2ccccc2)C12CCCCC2. The second-order valence-corrected chi connectivity index (χ2v) is 9.08. The summed E-state index contributed by atoms with van der Waals surface area (Å²) >= 11 is 0. The fourth-order valence-electron chi connectivity index (χ4n) is 4.56. The first-order valence-corrected chi connectivity index (χ1v) is 10.9. The van der Waals surface area contributed by atoms with Gasteiger partial charge in [-0.05, 0) is 18.4 Å². The molecule has 2 N–H and O–H groups in total. The molecule has 144 valence electrons. The number of hydrogen-bond acceptors (Lipinski definition) is 4. The van der Waals surface area contributed by atoms with Crippen LogP contribution in [0.15, 0.2) is 47.9 Å². The Balaban J connectivity index is 1.49. The quantitative estimate of drug-likeness (QED) is 0.742. The number of rotatable bonds is 6. The normalized spacial score (nSPS) is 22.0. The Kier molecular flexibility index (Phi) is 4.77. The van der Waals surface area contributed by atoms with Crippen LogP contribution in [-0.2, 0) is 14.8 Å². The van der Waals surface area contributed by atoms with Crippen molar-refractivity contribution in [2.75, 3.05) is 13.1 Å². The van der Waals surface area contributed by atoms with Gasteiger partial charge in [-0.15, -0.1) is 0 Å². The third-order valence-electron chi connectivity index (χ3n) is 5.79. The van der Waals surface area contributed by atoms with Gasteiger partial charge in [0.25, 0.3) is 10.0 Å². The van der Waals surface area contributed by atoms with E-state index in [-0.39, 0.29) is 28.9 Å². The summed E-state index contributed by atoms with van der Waals surface area (Å²) in [5, 5.41) is 0.0285. The van der Waals surface area contributed by atoms with E-state index in [1.165, 1.54) is 18.9 Å². The molecule has 2 aliphatic rings. The van der Waals surface area contributed by atoms with Crippen LogP contribution < -0.4 is 4.72 Å². The van der Waals surface area contributed by atoms with Gasteiger partial charge >= 0.3 is 0 Å². The lowest BCUT2D eigenvalue weighted by Crippen LogP contribution is -2.64. The number of β-lactam (4-membered cyclic amide) rings is 1. The molecule has 1 aliphatic heterocycles. The summed E-state index contributed by atoms with van der Waals surface area (Å²) in [7, 11) is -3.64. The summed E-state index contributed by atoms with van der Waals surface area (Å²) < 4.78 is 27.0. The highest BCUT2D eigenvalue weighted by molar-refractivity contribution is 7.89. The lowest BCUT2D eigenvalue weighted by Gasteiger charge is -2.58. The molecule has 0 bridgehead atoms. The van der Waals surface area contributed by atoms with E-state index in [4.69, 9.17) is 0 Å². The number of sulfonamides is 1. The molecule has 1 unspecified atom stereocenters. The molecule has 1 amide bonds. The van der Waals surface area contributed by atoms with Gasteiger partial charge in [-0.3, -0.25) is 4.79 Å². The third-order valence-corrected chi connectivity index (χ3v) is 7.18. The topological polar surface area (TPSA) is 95.2 Å². The number of carbonyl (C=O) groups excluding carboxylic acids is 1. The number of hydrogen-bond donors (Lipinski definition) is 2. The van der Waals surface area contributed by atoms with Crippen molar-refractivity contribution in [2.45, 2.75) is 43.2 Å². The summed E-state index contributed by atoms with van der Waals surface area (Å²) in [6, 6.07) is 10.1. The lowest BCUT2D eigenvalue weighted by molar-refractivity contribution is -0.178. The van der Waals surface area contributed by atoms with E-state index in [0.29, 0.717) is 6.54 Å². The van der Waals surface area contributed by atoms with Gasteiger partial charge in [-0.1, -0.05) is 49.6 Å². The maximum absolute atomic E-state index is 13.0. The second kappa shape index (κ2) is 7.09. The van der Waals surface area contributed by atoms with E-state index in [2.05, 4.69) is 26.8 Å². The molecular formula is C19H24N4O3S. The van der Waals surface area contributed by atoms with Crippen LogP contribution in [0, 0.1) is 5.41 Å². The largest absolute Gasteiger partial charge is 0.335 e. The Hall–Kier alpha value is -2.19. The van der Waals surface area contributed by atoms with Crippen molar-refractivity contribution in [2.24, 2.45) is 5.41 Å². The zero-order valence-electron chi connectivity index (χ0n) is 15.1. The summed E-state index contributed by atoms with van der Waals surface area (Å²) in [5.74, 6) is 0.164. The van der Waals surface area contributed by atoms with Crippen molar-refractivity contribution in [3.63, 3.8) is 0 Å². The van der Waals surface area contributed by atoms with Crippen molar-refractivity contribution in [3.8, 4) is 0 Å². The number of amides is 1. The molecule has 1 atom stereocenters. The van der Waals surface area contributed by atoms with Gasteiger partial charge in [0.1, 0.15) is 0 Å². The van der Waals surface area contributed by atoms with Crippen LogP contribution in [-0.4, -0.2) is 42.3 Å². The summed E-state index contributed by atoms with van der Waals surface area (Å²) in [5.41, 5.74) is 0.831. The first kappa shape index (κ1) is 18.2. The lowest BCUT2D eigenvalue weighted by atomic mass is 9.60. The Morgan fingerprint density at radius 2 is 1.93 bits per heavy atom. The molecule has 2 aromatic rings. The smallest absolute Gasteiger partial charge is 0.257 e. The van der Waals surface area contributed by atoms with Gasteiger partial charge in [0.15, 0.2) is 5.03 Å². The molecule has 1 aromatic heterocycles. The highest BCUT2D eigenvalue weighted by Gasteiger charge is 2.60. The number of carbonyl (C=O) groups is 1. The highest BCUT2D eigenvalue weighted by Crippen LogP contribution is 2.57. The van der Waals surface area contributed by atoms with E-state index in [1.54, 1.807) is 0 Å². The minimum Gasteiger partial charge on any atom is -0.335 e. The predicted octanol–water partition coefficient (Wildman–Crippen LogP) is 2.22. The standard InChI is InChI=1S/C19H24N4O3S/c24-18-19(9-5-2-6-10-19)17(15-7-3-1-4-8-15)23(18)12-11-22-27(25,26)16-13-20-14-21-16/h1,3-4,7-8,13-14,17,22H,2,5-6,9-12H2,(H,20,21). The van der Waals surface area contributed by atoms with Gasteiger partial charge in [0, 0.05) is 13.1 Å². The van der Waals surface area contributed by atoms with Crippen LogP contribution in [0.25, 0.3) is 0 Å². The Morgan fingerprint density at radius 1 is 1.19 bits per heavy atom. The Labute approximate surface area is 159 Å². The summed E-state index contributed by atoms with van der Waals surface area (Å²) in [6.45, 7) is 0.528. The molecule has 7 nitrogen and oxygen atoms in total. The molecule has 0 radical (unpaired) electrons. The van der Waals surface area contributed by atoms with Crippen LogP contribution in [0.1, 0.15) is 43.7 Å². The molecule has 1 saturated heterocycles. The molecule has 2 fully saturated rings. The first-order valence-electron chi connectivity index (χ1n) is 9.39. The maximum atomic E-state index is 13.0. The van der Waals surface area contributed by atoms with Crippen molar-refractivity contribution < 1.29 is 13.2 Å². The number of likely N-dealkylation sites (tertiary alicyclic amines) is 1. The fraction of sp³-hybridized carbons (Fsp3) is 0.474. The van der Waals surface area contributed by atoms with Crippen LogP contribution in [0.3, 0.4) is 0 Å². The number of nitrogens with zero attached hydrogens (tertiary/aromatic N) is 2. The van der Waals surface area contributed by atoms with Crippen LogP contribution >= 0.6 is 0 Å². The minimum absolute atomic E-state index is 0.0285. The maximum Gasteiger partial charge on any atom is 0.257 e. The van der Waals surface area contributed by atoms with Gasteiger partial charge in [-0.2, -0.15) is 0 Å². The van der Waals surface area contributed by atoms with Crippen molar-refractivity contribution in [3.05, 3.63) is 48.4 Å². The van der Waals surface area contributed by atoms with Crippen LogP contribution in [0.5, 0.6) is 0 Å². The number of aromatic amines is 1. The number of H-pyrrole nitrogens is 1. The summed E-state index contributed by atoms with van der Waals surface area (Å²) in [4.78, 5) is 21.2. The summed E-state index contributed by atoms with van der Waals surface area (Å²) in [6.07, 6.45) is 7.77. The monoisotopic (exact) mass is 388 g/mol. The second-order valence-electron chi connectivity index (χ2n) is 7.34. The minimum atomic E-state index is -3.64. The Morgan fingerprint density at radius 3 is 2.59 bits per heavy atom. The number of nitrogens with one attached hydrogen (secondary N) is 2. The highest BCUT2D eigenvalue weighted by atomic mass is 32.2. The third kappa shape index (κ3) is 3.17. The van der Waals surface area contributed by atoms with Crippen molar-refractivity contribution in [1.29, 1.82) is 0 Å². The van der Waals surface area contributed by atoms with E-state index in [1.807, 2.05) is 23.1 Å². The van der Waals surface area contributed by atoms with Crippen LogP contribution in [0.2, 0.25) is 0 Å². The van der Waals surface area contributed by atoms with Crippen molar-refractivity contribution in [1.82, 2.24) is 19.6 Å². The molecule has 4 rings (SSSR count). The number of benzene rings is 1. The van der Waals surface area contributed by atoms with Gasteiger partial charge in [0.05, 0.1) is 24.0 Å². The van der Waals surface area contributed by atoms with E-state index in [0.717, 1.165) is 31.2 Å². The number of imidazole rings is 1. The van der Waals surface area contributed by atoms with Gasteiger partial charge in [-0.25, -0.2) is 18.1 Å². The average molecular weight is 388 g/mol. The zero-order valence-corrected chi connectivity index (χ0v) is 15.9. The Bertz CT molecular complexity index is 890. The van der Waals surface area contributed by atoms with E-state index >= 15 is 0 Å². The number of aromatic nitrogens is 2. The van der Waals surface area contributed by atoms with E-state index in [9.17, 15) is 13.2 Å². The first-order chi connectivity index (χ1) is 13.0. The molecule has 2 heterocycles. The van der Waals surface area contributed by atoms with Crippen molar-refractivity contribution >= 4 is 15.9 Å². The molecular weight excluding hydrogens is 364 g/mol. The van der Waals surface area contributed by atoms with Gasteiger partial charge in [0.2, 0.25) is 5.91 Å². The van der Waals surface area contributed by atoms with Gasteiger partial charge < -0.3 is 9.88 Å². The van der Waals surface area contributed by atoms with E-state index < -0.39 is 10.0 Å². The average Bonchev–Trinajstić information content (AvgIpc) is 3.24. The molecule has 1 saturated carbocycles.